The molecule has 2 aromatic rings. The number of carbonyl (C=O) groups is 4. The van der Waals surface area contributed by atoms with Gasteiger partial charge in [0.15, 0.2) is 6.10 Å². The molecular formula is C23H24N2O5. The van der Waals surface area contributed by atoms with E-state index in [-0.39, 0.29) is 28.6 Å². The molecular weight excluding hydrogens is 384 g/mol. The molecule has 30 heavy (non-hydrogen) atoms. The molecule has 0 spiro atoms. The summed E-state index contributed by atoms with van der Waals surface area (Å²) >= 11 is 0. The molecule has 1 heterocycles. The van der Waals surface area contributed by atoms with E-state index in [0.717, 1.165) is 16.0 Å². The number of rotatable bonds is 5. The summed E-state index contributed by atoms with van der Waals surface area (Å²) in [5.74, 6) is -2.04. The number of nitrogens with zero attached hydrogens (tertiary/aromatic N) is 1. The van der Waals surface area contributed by atoms with Gasteiger partial charge in [0.2, 0.25) is 0 Å². The summed E-state index contributed by atoms with van der Waals surface area (Å²) in [6.07, 6.45) is -1.05. The molecule has 0 aliphatic carbocycles. The van der Waals surface area contributed by atoms with E-state index in [9.17, 15) is 19.2 Å². The topological polar surface area (TPSA) is 92.8 Å². The summed E-state index contributed by atoms with van der Waals surface area (Å²) in [6.45, 7) is 8.79. The van der Waals surface area contributed by atoms with Crippen LogP contribution in [0.2, 0.25) is 0 Å². The molecule has 7 nitrogen and oxygen atoms in total. The average Bonchev–Trinajstić information content (AvgIpc) is 2.93. The maximum absolute atomic E-state index is 12.5. The Kier molecular flexibility index (Phi) is 5.73. The van der Waals surface area contributed by atoms with Gasteiger partial charge in [0.1, 0.15) is 0 Å². The Balaban J connectivity index is 1.71. The first kappa shape index (κ1) is 21.2. The van der Waals surface area contributed by atoms with Crippen LogP contribution >= 0.6 is 0 Å². The molecule has 2 aromatic carbocycles. The van der Waals surface area contributed by atoms with Crippen LogP contribution in [0.15, 0.2) is 36.4 Å². The Morgan fingerprint density at radius 1 is 0.933 bits per heavy atom. The van der Waals surface area contributed by atoms with Gasteiger partial charge in [0.25, 0.3) is 17.7 Å². The van der Waals surface area contributed by atoms with E-state index in [4.69, 9.17) is 4.74 Å². The highest BCUT2D eigenvalue weighted by molar-refractivity contribution is 6.22. The largest absolute Gasteiger partial charge is 0.449 e. The first-order valence-electron chi connectivity index (χ1n) is 9.71. The highest BCUT2D eigenvalue weighted by atomic mass is 16.5. The minimum Gasteiger partial charge on any atom is -0.449 e. The highest BCUT2D eigenvalue weighted by Gasteiger charge is 2.37. The van der Waals surface area contributed by atoms with Gasteiger partial charge in [0.05, 0.1) is 16.7 Å². The van der Waals surface area contributed by atoms with Gasteiger partial charge in [-0.2, -0.15) is 0 Å². The maximum Gasteiger partial charge on any atom is 0.338 e. The number of ether oxygens (including phenoxy) is 1. The zero-order chi connectivity index (χ0) is 22.2. The van der Waals surface area contributed by atoms with Crippen LogP contribution in [0.25, 0.3) is 0 Å². The lowest BCUT2D eigenvalue weighted by Gasteiger charge is -2.17. The van der Waals surface area contributed by atoms with E-state index in [2.05, 4.69) is 5.32 Å². The fourth-order valence-electron chi connectivity index (χ4n) is 3.33. The molecule has 0 aromatic heterocycles. The van der Waals surface area contributed by atoms with Crippen LogP contribution in [0.4, 0.5) is 5.69 Å². The molecule has 3 rings (SSSR count). The third-order valence-electron chi connectivity index (χ3n) is 4.96. The van der Waals surface area contributed by atoms with Crippen molar-refractivity contribution in [2.24, 2.45) is 0 Å². The van der Waals surface area contributed by atoms with Gasteiger partial charge >= 0.3 is 5.97 Å². The monoisotopic (exact) mass is 408 g/mol. The molecule has 7 heteroatoms. The maximum atomic E-state index is 12.5. The van der Waals surface area contributed by atoms with E-state index in [1.165, 1.54) is 25.1 Å². The zero-order valence-electron chi connectivity index (χ0n) is 17.6. The molecule has 1 atom stereocenters. The second-order valence-electron chi connectivity index (χ2n) is 7.69. The van der Waals surface area contributed by atoms with Crippen molar-refractivity contribution in [3.05, 3.63) is 64.2 Å². The highest BCUT2D eigenvalue weighted by Crippen LogP contribution is 2.26. The van der Waals surface area contributed by atoms with E-state index in [1.807, 2.05) is 26.0 Å². The van der Waals surface area contributed by atoms with Crippen LogP contribution in [0.5, 0.6) is 0 Å². The standard InChI is InChI=1S/C23H24N2O5/c1-12(2)25-21(27)17-8-7-16(11-18(17)22(25)28)23(29)30-15(5)20(26)24-19-9-6-13(3)10-14(19)4/h6-12,15H,1-5H3,(H,24,26)/t15-/m1/s1. The SMILES string of the molecule is Cc1ccc(NC(=O)[C@@H](C)OC(=O)c2ccc3c(c2)C(=O)N(C(C)C)C3=O)c(C)c1. The molecule has 0 fully saturated rings. The van der Waals surface area contributed by atoms with Crippen molar-refractivity contribution < 1.29 is 23.9 Å². The number of benzene rings is 2. The summed E-state index contributed by atoms with van der Waals surface area (Å²) < 4.78 is 5.27. The van der Waals surface area contributed by atoms with Crippen LogP contribution < -0.4 is 5.32 Å². The van der Waals surface area contributed by atoms with E-state index in [0.29, 0.717) is 5.69 Å². The lowest BCUT2D eigenvalue weighted by atomic mass is 10.1. The van der Waals surface area contributed by atoms with Gasteiger partial charge in [-0.15, -0.1) is 0 Å². The second kappa shape index (κ2) is 8.10. The molecule has 1 aliphatic rings. The third-order valence-corrected chi connectivity index (χ3v) is 4.96. The van der Waals surface area contributed by atoms with Crippen molar-refractivity contribution in [1.82, 2.24) is 4.90 Å². The first-order chi connectivity index (χ1) is 14.1. The molecule has 1 N–H and O–H groups in total. The van der Waals surface area contributed by atoms with Crippen LogP contribution in [0, 0.1) is 13.8 Å². The minimum atomic E-state index is -1.05. The van der Waals surface area contributed by atoms with Crippen LogP contribution in [-0.2, 0) is 9.53 Å². The van der Waals surface area contributed by atoms with Gasteiger partial charge in [-0.3, -0.25) is 19.3 Å². The molecule has 0 saturated carbocycles. The normalized spacial score (nSPS) is 14.0. The number of anilines is 1. The van der Waals surface area contributed by atoms with Gasteiger partial charge in [-0.1, -0.05) is 17.7 Å². The molecule has 0 saturated heterocycles. The van der Waals surface area contributed by atoms with Crippen molar-refractivity contribution >= 4 is 29.4 Å². The van der Waals surface area contributed by atoms with Crippen molar-refractivity contribution in [2.75, 3.05) is 5.32 Å². The Labute approximate surface area is 175 Å². The minimum absolute atomic E-state index is 0.103. The fourth-order valence-corrected chi connectivity index (χ4v) is 3.33. The molecule has 0 radical (unpaired) electrons. The summed E-state index contributed by atoms with van der Waals surface area (Å²) in [5.41, 5.74) is 3.14. The van der Waals surface area contributed by atoms with Crippen molar-refractivity contribution in [2.45, 2.75) is 46.8 Å². The summed E-state index contributed by atoms with van der Waals surface area (Å²) in [6, 6.07) is 9.52. The predicted molar refractivity (Wildman–Crippen MR) is 112 cm³/mol. The van der Waals surface area contributed by atoms with Crippen LogP contribution in [-0.4, -0.2) is 40.7 Å². The third kappa shape index (κ3) is 3.96. The molecule has 3 amide bonds. The summed E-state index contributed by atoms with van der Waals surface area (Å²) in [7, 11) is 0. The summed E-state index contributed by atoms with van der Waals surface area (Å²) in [5, 5.41) is 2.75. The Morgan fingerprint density at radius 2 is 1.60 bits per heavy atom. The number of fused-ring (bicyclic) bond motifs is 1. The summed E-state index contributed by atoms with van der Waals surface area (Å²) in [4.78, 5) is 50.9. The number of nitrogens with one attached hydrogen (secondary N) is 1. The van der Waals surface area contributed by atoms with Crippen LogP contribution in [0.1, 0.15) is 63.0 Å². The number of imide groups is 1. The number of carbonyl (C=O) groups excluding carboxylic acids is 4. The number of esters is 1. The molecule has 0 unspecified atom stereocenters. The lowest BCUT2D eigenvalue weighted by Crippen LogP contribution is -2.35. The molecule has 0 bridgehead atoms. The van der Waals surface area contributed by atoms with Crippen molar-refractivity contribution in [3.8, 4) is 0 Å². The average molecular weight is 408 g/mol. The van der Waals surface area contributed by atoms with Crippen molar-refractivity contribution in [1.29, 1.82) is 0 Å². The van der Waals surface area contributed by atoms with Crippen molar-refractivity contribution in [3.63, 3.8) is 0 Å². The number of hydrogen-bond donors (Lipinski definition) is 1. The first-order valence-corrected chi connectivity index (χ1v) is 9.71. The van der Waals surface area contributed by atoms with Gasteiger partial charge in [-0.25, -0.2) is 4.79 Å². The zero-order valence-corrected chi connectivity index (χ0v) is 17.6. The van der Waals surface area contributed by atoms with E-state index in [1.54, 1.807) is 19.9 Å². The Hall–Kier alpha value is -3.48. The van der Waals surface area contributed by atoms with Gasteiger partial charge in [0, 0.05) is 11.7 Å². The Bertz CT molecular complexity index is 1060. The number of hydrogen-bond acceptors (Lipinski definition) is 5. The quantitative estimate of drug-likeness (QED) is 0.604. The van der Waals surface area contributed by atoms with Gasteiger partial charge < -0.3 is 10.1 Å². The second-order valence-corrected chi connectivity index (χ2v) is 7.69. The van der Waals surface area contributed by atoms with E-state index >= 15 is 0 Å². The molecule has 156 valence electrons. The van der Waals surface area contributed by atoms with E-state index < -0.39 is 23.9 Å². The predicted octanol–water partition coefficient (Wildman–Crippen LogP) is 3.49. The Morgan fingerprint density at radius 3 is 2.23 bits per heavy atom. The smallest absolute Gasteiger partial charge is 0.338 e. The van der Waals surface area contributed by atoms with Crippen LogP contribution in [0.3, 0.4) is 0 Å². The van der Waals surface area contributed by atoms with Gasteiger partial charge in [-0.05, 0) is 64.4 Å². The lowest BCUT2D eigenvalue weighted by molar-refractivity contribution is -0.123. The number of aryl methyl sites for hydroxylation is 2. The fraction of sp³-hybridized carbons (Fsp3) is 0.304. The molecule has 1 aliphatic heterocycles. The number of amides is 3.